The van der Waals surface area contributed by atoms with Gasteiger partial charge in [0.15, 0.2) is 0 Å². The Morgan fingerprint density at radius 3 is 2.38 bits per heavy atom. The fourth-order valence-corrected chi connectivity index (χ4v) is 2.84. The number of aromatic hydroxyl groups is 1. The Morgan fingerprint density at radius 1 is 1.29 bits per heavy atom. The van der Waals surface area contributed by atoms with E-state index in [0.717, 1.165) is 10.5 Å². The van der Waals surface area contributed by atoms with Gasteiger partial charge in [0.2, 0.25) is 11.5 Å². The maximum Gasteiger partial charge on any atom is 0.405 e. The van der Waals surface area contributed by atoms with Gasteiger partial charge >= 0.3 is 6.09 Å². The van der Waals surface area contributed by atoms with Crippen LogP contribution >= 0.6 is 0 Å². The van der Waals surface area contributed by atoms with Gasteiger partial charge in [-0.3, -0.25) is 14.5 Å². The molecule has 0 saturated carbocycles. The lowest BCUT2D eigenvalue weighted by Gasteiger charge is -2.37. The average molecular weight is 334 g/mol. The number of nitrogens with zero attached hydrogens (tertiary/aromatic N) is 1. The van der Waals surface area contributed by atoms with Crippen molar-refractivity contribution in [2.24, 2.45) is 11.1 Å². The first-order valence-corrected chi connectivity index (χ1v) is 7.68. The summed E-state index contributed by atoms with van der Waals surface area (Å²) in [6, 6.07) is 6.52. The van der Waals surface area contributed by atoms with Crippen molar-refractivity contribution < 1.29 is 24.2 Å². The van der Waals surface area contributed by atoms with E-state index in [2.05, 4.69) is 0 Å². The predicted molar refractivity (Wildman–Crippen MR) is 86.0 cm³/mol. The Bertz CT molecular complexity index is 663. The van der Waals surface area contributed by atoms with Gasteiger partial charge in [0, 0.05) is 12.0 Å². The topological polar surface area (TPSA) is 110 Å². The third kappa shape index (κ3) is 3.20. The molecule has 0 aromatic heterocycles. The molecule has 3 N–H and O–H groups in total. The van der Waals surface area contributed by atoms with Crippen molar-refractivity contribution in [2.45, 2.75) is 39.2 Å². The minimum Gasteiger partial charge on any atom is -0.508 e. The summed E-state index contributed by atoms with van der Waals surface area (Å²) < 4.78 is 5.14. The van der Waals surface area contributed by atoms with Gasteiger partial charge in [-0.1, -0.05) is 32.9 Å². The first-order chi connectivity index (χ1) is 11.1. The zero-order chi connectivity index (χ0) is 18.1. The van der Waals surface area contributed by atoms with Crippen molar-refractivity contribution in [1.29, 1.82) is 0 Å². The second-order valence-corrected chi connectivity index (χ2v) is 6.94. The van der Waals surface area contributed by atoms with Crippen molar-refractivity contribution >= 4 is 17.9 Å². The first-order valence-electron chi connectivity index (χ1n) is 7.68. The number of carbonyl (C=O) groups is 3. The van der Waals surface area contributed by atoms with E-state index in [1.165, 1.54) is 0 Å². The monoisotopic (exact) mass is 334 g/mol. The maximum atomic E-state index is 12.8. The van der Waals surface area contributed by atoms with E-state index in [9.17, 15) is 19.5 Å². The molecule has 2 rings (SSSR count). The van der Waals surface area contributed by atoms with Gasteiger partial charge in [0.05, 0.1) is 6.42 Å². The molecule has 0 bridgehead atoms. The standard InChI is InChI=1S/C17H22N2O5/c1-16(2,3)17(24-15(18)23)10-13(21)19(14(17)22)9-8-11-4-6-12(20)7-5-11/h4-7,20H,8-10H2,1-3H3,(H2,18,23). The number of imide groups is 1. The molecular weight excluding hydrogens is 312 g/mol. The number of primary amides is 1. The van der Waals surface area contributed by atoms with Crippen molar-refractivity contribution in [3.05, 3.63) is 29.8 Å². The Morgan fingerprint density at radius 2 is 1.88 bits per heavy atom. The summed E-state index contributed by atoms with van der Waals surface area (Å²) in [6.07, 6.45) is -0.853. The highest BCUT2D eigenvalue weighted by atomic mass is 16.6. The molecule has 1 aromatic carbocycles. The summed E-state index contributed by atoms with van der Waals surface area (Å²) in [5.41, 5.74) is 3.64. The number of carbonyl (C=O) groups excluding carboxylic acids is 3. The Labute approximate surface area is 140 Å². The number of amides is 3. The number of rotatable bonds is 4. The van der Waals surface area contributed by atoms with E-state index in [0.29, 0.717) is 6.42 Å². The number of ether oxygens (including phenoxy) is 1. The van der Waals surface area contributed by atoms with Gasteiger partial charge in [0.1, 0.15) is 5.75 Å². The van der Waals surface area contributed by atoms with Crippen LogP contribution in [0.1, 0.15) is 32.8 Å². The zero-order valence-corrected chi connectivity index (χ0v) is 14.0. The molecule has 0 aliphatic carbocycles. The highest BCUT2D eigenvalue weighted by molar-refractivity contribution is 6.09. The van der Waals surface area contributed by atoms with Crippen molar-refractivity contribution in [1.82, 2.24) is 4.90 Å². The number of benzene rings is 1. The SMILES string of the molecule is CC(C)(C)C1(OC(N)=O)CC(=O)N(CCc2ccc(O)cc2)C1=O. The molecule has 1 heterocycles. The molecule has 1 saturated heterocycles. The number of nitrogens with two attached hydrogens (primary N) is 1. The van der Waals surface area contributed by atoms with Gasteiger partial charge in [-0.25, -0.2) is 4.79 Å². The van der Waals surface area contributed by atoms with Gasteiger partial charge in [0.25, 0.3) is 5.91 Å². The molecule has 24 heavy (non-hydrogen) atoms. The molecule has 1 aliphatic rings. The second-order valence-electron chi connectivity index (χ2n) is 6.94. The van der Waals surface area contributed by atoms with E-state index < -0.39 is 28.9 Å². The van der Waals surface area contributed by atoms with Crippen LogP contribution in [0.4, 0.5) is 4.79 Å². The average Bonchev–Trinajstić information content (AvgIpc) is 2.70. The predicted octanol–water partition coefficient (Wildman–Crippen LogP) is 1.57. The molecule has 1 aliphatic heterocycles. The summed E-state index contributed by atoms with van der Waals surface area (Å²) in [6.45, 7) is 5.35. The van der Waals surface area contributed by atoms with E-state index in [1.807, 2.05) is 0 Å². The Balaban J connectivity index is 2.20. The minimum atomic E-state index is -1.58. The van der Waals surface area contributed by atoms with E-state index in [1.54, 1.807) is 45.0 Å². The molecule has 0 spiro atoms. The molecular formula is C17H22N2O5. The normalized spacial score (nSPS) is 21.2. The van der Waals surface area contributed by atoms with Crippen LogP contribution in [-0.4, -0.2) is 40.1 Å². The van der Waals surface area contributed by atoms with Crippen LogP contribution in [0, 0.1) is 5.41 Å². The second kappa shape index (κ2) is 6.14. The molecule has 0 radical (unpaired) electrons. The van der Waals surface area contributed by atoms with Crippen LogP contribution in [-0.2, 0) is 20.7 Å². The quantitative estimate of drug-likeness (QED) is 0.812. The van der Waals surface area contributed by atoms with Crippen molar-refractivity contribution in [2.75, 3.05) is 6.54 Å². The van der Waals surface area contributed by atoms with Crippen LogP contribution in [0.3, 0.4) is 0 Å². The number of likely N-dealkylation sites (tertiary alicyclic amines) is 1. The largest absolute Gasteiger partial charge is 0.508 e. The van der Waals surface area contributed by atoms with Crippen LogP contribution in [0.25, 0.3) is 0 Å². The van der Waals surface area contributed by atoms with Crippen LogP contribution in [0.5, 0.6) is 5.75 Å². The fourth-order valence-electron chi connectivity index (χ4n) is 2.84. The lowest BCUT2D eigenvalue weighted by Crippen LogP contribution is -2.54. The summed E-state index contributed by atoms with van der Waals surface area (Å²) in [5, 5.41) is 9.28. The summed E-state index contributed by atoms with van der Waals surface area (Å²) in [5.74, 6) is -0.791. The number of phenols is 1. The van der Waals surface area contributed by atoms with Gasteiger partial charge in [-0.2, -0.15) is 0 Å². The van der Waals surface area contributed by atoms with E-state index in [-0.39, 0.29) is 18.7 Å². The van der Waals surface area contributed by atoms with E-state index >= 15 is 0 Å². The third-order valence-corrected chi connectivity index (χ3v) is 4.34. The number of phenolic OH excluding ortho intramolecular Hbond substituents is 1. The summed E-state index contributed by atoms with van der Waals surface area (Å²) in [4.78, 5) is 37.5. The van der Waals surface area contributed by atoms with Gasteiger partial charge < -0.3 is 15.6 Å². The zero-order valence-electron chi connectivity index (χ0n) is 14.0. The van der Waals surface area contributed by atoms with Crippen LogP contribution in [0.15, 0.2) is 24.3 Å². The Hall–Kier alpha value is -2.57. The minimum absolute atomic E-state index is 0.147. The first kappa shape index (κ1) is 17.8. The van der Waals surface area contributed by atoms with Crippen LogP contribution < -0.4 is 5.73 Å². The molecule has 7 heteroatoms. The summed E-state index contributed by atoms with van der Waals surface area (Å²) >= 11 is 0. The Kier molecular flexibility index (Phi) is 4.55. The number of hydrogen-bond donors (Lipinski definition) is 2. The van der Waals surface area contributed by atoms with Gasteiger partial charge in [-0.05, 0) is 24.1 Å². The van der Waals surface area contributed by atoms with E-state index in [4.69, 9.17) is 10.5 Å². The molecule has 1 aromatic rings. The van der Waals surface area contributed by atoms with Crippen molar-refractivity contribution in [3.8, 4) is 5.75 Å². The highest BCUT2D eigenvalue weighted by Gasteiger charge is 2.61. The molecule has 7 nitrogen and oxygen atoms in total. The lowest BCUT2D eigenvalue weighted by atomic mass is 9.75. The van der Waals surface area contributed by atoms with Gasteiger partial charge in [-0.15, -0.1) is 0 Å². The molecule has 1 unspecified atom stereocenters. The molecule has 1 fully saturated rings. The molecule has 3 amide bonds. The van der Waals surface area contributed by atoms with Crippen molar-refractivity contribution in [3.63, 3.8) is 0 Å². The highest BCUT2D eigenvalue weighted by Crippen LogP contribution is 2.42. The fraction of sp³-hybridized carbons (Fsp3) is 0.471. The lowest BCUT2D eigenvalue weighted by molar-refractivity contribution is -0.154. The smallest absolute Gasteiger partial charge is 0.405 e. The third-order valence-electron chi connectivity index (χ3n) is 4.34. The summed E-state index contributed by atoms with van der Waals surface area (Å²) in [7, 11) is 0. The number of hydrogen-bond acceptors (Lipinski definition) is 5. The molecule has 130 valence electrons. The molecule has 1 atom stereocenters. The van der Waals surface area contributed by atoms with Crippen LogP contribution in [0.2, 0.25) is 0 Å². The maximum absolute atomic E-state index is 12.8.